The van der Waals surface area contributed by atoms with Crippen molar-refractivity contribution in [3.63, 3.8) is 0 Å². The van der Waals surface area contributed by atoms with Gasteiger partial charge in [-0.1, -0.05) is 12.2 Å². The fourth-order valence-corrected chi connectivity index (χ4v) is 2.82. The lowest BCUT2D eigenvalue weighted by atomic mass is 9.87. The van der Waals surface area contributed by atoms with Gasteiger partial charge in [-0.2, -0.15) is 0 Å². The second-order valence-electron chi connectivity index (χ2n) is 6.66. The smallest absolute Gasteiger partial charge is 0.411 e. The zero-order valence-electron chi connectivity index (χ0n) is 14.3. The average molecular weight is 313 g/mol. The van der Waals surface area contributed by atoms with Gasteiger partial charge >= 0.3 is 12.1 Å². The molecule has 1 heterocycles. The van der Waals surface area contributed by atoms with Crippen molar-refractivity contribution in [2.45, 2.75) is 45.9 Å². The van der Waals surface area contributed by atoms with E-state index in [9.17, 15) is 9.59 Å². The molecule has 22 heavy (non-hydrogen) atoms. The Bertz CT molecular complexity index is 440. The molecule has 0 bridgehead atoms. The number of esters is 1. The number of methoxy groups -OCH3 is 2. The third-order valence-electron chi connectivity index (χ3n) is 3.69. The van der Waals surface area contributed by atoms with E-state index in [1.807, 2.05) is 27.7 Å². The Balaban J connectivity index is 2.93. The third kappa shape index (κ3) is 4.47. The minimum absolute atomic E-state index is 0.0310. The summed E-state index contributed by atoms with van der Waals surface area (Å²) in [5.41, 5.74) is 0.362. The summed E-state index contributed by atoms with van der Waals surface area (Å²) in [6, 6.07) is 0. The number of hydrogen-bond acceptors (Lipinski definition) is 5. The maximum atomic E-state index is 12.1. The highest BCUT2D eigenvalue weighted by molar-refractivity contribution is 5.72. The molecule has 0 saturated carbocycles. The summed E-state index contributed by atoms with van der Waals surface area (Å²) in [5, 5.41) is 0. The van der Waals surface area contributed by atoms with Crippen LogP contribution in [0.2, 0.25) is 0 Å². The van der Waals surface area contributed by atoms with Gasteiger partial charge < -0.3 is 14.2 Å². The van der Waals surface area contributed by atoms with Crippen molar-refractivity contribution in [3.8, 4) is 0 Å². The topological polar surface area (TPSA) is 65.1 Å². The van der Waals surface area contributed by atoms with Crippen LogP contribution in [0, 0.1) is 11.8 Å². The monoisotopic (exact) mass is 313 g/mol. The lowest BCUT2D eigenvalue weighted by Gasteiger charge is -2.27. The first-order chi connectivity index (χ1) is 10.1. The van der Waals surface area contributed by atoms with E-state index in [1.165, 1.54) is 19.1 Å². The Labute approximate surface area is 132 Å². The SMILES string of the molecule is C=C(C)[C@H]1CN(C(=O)OC)C(OC)[C@H]1CC(=O)OC(C)(C)C. The molecule has 0 aromatic rings. The molecule has 1 fully saturated rings. The summed E-state index contributed by atoms with van der Waals surface area (Å²) < 4.78 is 15.6. The van der Waals surface area contributed by atoms with Crippen LogP contribution in [0.25, 0.3) is 0 Å². The van der Waals surface area contributed by atoms with Crippen LogP contribution in [-0.2, 0) is 19.0 Å². The van der Waals surface area contributed by atoms with Gasteiger partial charge in [0.15, 0.2) is 0 Å². The van der Waals surface area contributed by atoms with E-state index in [0.717, 1.165) is 5.57 Å². The summed E-state index contributed by atoms with van der Waals surface area (Å²) in [4.78, 5) is 25.5. The summed E-state index contributed by atoms with van der Waals surface area (Å²) in [6.45, 7) is 11.8. The van der Waals surface area contributed by atoms with Gasteiger partial charge in [0.25, 0.3) is 0 Å². The van der Waals surface area contributed by atoms with Crippen LogP contribution < -0.4 is 0 Å². The standard InChI is InChI=1S/C16H27NO5/c1-10(2)12-9-17(15(19)21-7)14(20-6)11(12)8-13(18)22-16(3,4)5/h11-12,14H,1,8-9H2,2-7H3/t11-,12+,14?/m0/s1. The normalized spacial score (nSPS) is 25.0. The van der Waals surface area contributed by atoms with Gasteiger partial charge in [0, 0.05) is 25.5 Å². The summed E-state index contributed by atoms with van der Waals surface area (Å²) in [6.07, 6.45) is -0.827. The van der Waals surface area contributed by atoms with Crippen molar-refractivity contribution in [1.82, 2.24) is 4.90 Å². The molecule has 1 unspecified atom stereocenters. The van der Waals surface area contributed by atoms with Crippen molar-refractivity contribution in [2.24, 2.45) is 11.8 Å². The number of carbonyl (C=O) groups is 2. The number of ether oxygens (including phenoxy) is 3. The predicted octanol–water partition coefficient (Wildman–Crippen LogP) is 2.58. The van der Waals surface area contributed by atoms with Crippen molar-refractivity contribution in [2.75, 3.05) is 20.8 Å². The lowest BCUT2D eigenvalue weighted by molar-refractivity contribution is -0.158. The quantitative estimate of drug-likeness (QED) is 0.589. The average Bonchev–Trinajstić information content (AvgIpc) is 2.74. The molecule has 3 atom stereocenters. The van der Waals surface area contributed by atoms with E-state index in [4.69, 9.17) is 14.2 Å². The van der Waals surface area contributed by atoms with Crippen LogP contribution in [0.4, 0.5) is 4.79 Å². The Morgan fingerprint density at radius 3 is 2.27 bits per heavy atom. The molecule has 0 radical (unpaired) electrons. The highest BCUT2D eigenvalue weighted by Gasteiger charge is 2.46. The van der Waals surface area contributed by atoms with E-state index in [2.05, 4.69) is 6.58 Å². The fourth-order valence-electron chi connectivity index (χ4n) is 2.82. The number of amides is 1. The molecule has 1 rings (SSSR count). The van der Waals surface area contributed by atoms with Crippen LogP contribution in [-0.4, -0.2) is 49.6 Å². The third-order valence-corrected chi connectivity index (χ3v) is 3.69. The number of hydrogen-bond donors (Lipinski definition) is 0. The second kappa shape index (κ2) is 7.13. The van der Waals surface area contributed by atoms with Crippen LogP contribution in [0.15, 0.2) is 12.2 Å². The molecule has 0 aromatic heterocycles. The van der Waals surface area contributed by atoms with Crippen LogP contribution >= 0.6 is 0 Å². The first-order valence-corrected chi connectivity index (χ1v) is 7.35. The summed E-state index contributed by atoms with van der Waals surface area (Å²) >= 11 is 0. The highest BCUT2D eigenvalue weighted by Crippen LogP contribution is 2.37. The van der Waals surface area contributed by atoms with Gasteiger partial charge in [-0.05, 0) is 27.7 Å². The minimum atomic E-state index is -0.543. The van der Waals surface area contributed by atoms with Crippen LogP contribution in [0.1, 0.15) is 34.1 Å². The Kier molecular flexibility index (Phi) is 6.00. The van der Waals surface area contributed by atoms with Gasteiger partial charge in [-0.25, -0.2) is 4.79 Å². The van der Waals surface area contributed by atoms with E-state index < -0.39 is 17.9 Å². The molecule has 0 aromatic carbocycles. The fraction of sp³-hybridized carbons (Fsp3) is 0.750. The van der Waals surface area contributed by atoms with E-state index in [0.29, 0.717) is 6.54 Å². The first-order valence-electron chi connectivity index (χ1n) is 7.35. The van der Waals surface area contributed by atoms with Gasteiger partial charge in [-0.3, -0.25) is 9.69 Å². The van der Waals surface area contributed by atoms with E-state index in [1.54, 1.807) is 0 Å². The Morgan fingerprint density at radius 1 is 1.27 bits per heavy atom. The van der Waals surface area contributed by atoms with Crippen molar-refractivity contribution in [3.05, 3.63) is 12.2 Å². The first kappa shape index (κ1) is 18.5. The zero-order valence-corrected chi connectivity index (χ0v) is 14.3. The maximum Gasteiger partial charge on any atom is 0.411 e. The lowest BCUT2D eigenvalue weighted by Crippen LogP contribution is -2.40. The molecule has 0 N–H and O–H groups in total. The van der Waals surface area contributed by atoms with E-state index in [-0.39, 0.29) is 24.2 Å². The largest absolute Gasteiger partial charge is 0.460 e. The van der Waals surface area contributed by atoms with Crippen LogP contribution in [0.3, 0.4) is 0 Å². The second-order valence-corrected chi connectivity index (χ2v) is 6.66. The molecular weight excluding hydrogens is 286 g/mol. The van der Waals surface area contributed by atoms with Gasteiger partial charge in [-0.15, -0.1) is 0 Å². The summed E-state index contributed by atoms with van der Waals surface area (Å²) in [5.74, 6) is -0.537. The van der Waals surface area contributed by atoms with Crippen molar-refractivity contribution < 1.29 is 23.8 Å². The molecule has 0 spiro atoms. The number of likely N-dealkylation sites (tertiary alicyclic amines) is 1. The number of carbonyl (C=O) groups excluding carboxylic acids is 2. The van der Waals surface area contributed by atoms with E-state index >= 15 is 0 Å². The maximum absolute atomic E-state index is 12.1. The number of nitrogens with zero attached hydrogens (tertiary/aromatic N) is 1. The summed E-state index contributed by atoms with van der Waals surface area (Å²) in [7, 11) is 2.84. The number of rotatable bonds is 4. The van der Waals surface area contributed by atoms with Crippen molar-refractivity contribution >= 4 is 12.1 Å². The highest BCUT2D eigenvalue weighted by atomic mass is 16.6. The van der Waals surface area contributed by atoms with Crippen molar-refractivity contribution in [1.29, 1.82) is 0 Å². The molecule has 6 heteroatoms. The molecular formula is C16H27NO5. The molecule has 1 aliphatic heterocycles. The van der Waals surface area contributed by atoms with Gasteiger partial charge in [0.05, 0.1) is 13.5 Å². The minimum Gasteiger partial charge on any atom is -0.460 e. The van der Waals surface area contributed by atoms with Gasteiger partial charge in [0.2, 0.25) is 0 Å². The Morgan fingerprint density at radius 2 is 1.86 bits per heavy atom. The molecule has 126 valence electrons. The van der Waals surface area contributed by atoms with Gasteiger partial charge in [0.1, 0.15) is 11.8 Å². The Hall–Kier alpha value is -1.56. The predicted molar refractivity (Wildman–Crippen MR) is 82.2 cm³/mol. The molecule has 6 nitrogen and oxygen atoms in total. The molecule has 0 aliphatic carbocycles. The molecule has 1 saturated heterocycles. The zero-order chi connectivity index (χ0) is 17.1. The molecule has 1 aliphatic rings. The van der Waals surface area contributed by atoms with Crippen LogP contribution in [0.5, 0.6) is 0 Å². The molecule has 1 amide bonds.